The number of anilines is 1. The van der Waals surface area contributed by atoms with Crippen LogP contribution in [0.25, 0.3) is 0 Å². The molecule has 1 atom stereocenters. The molecule has 2 aliphatic rings. The Kier molecular flexibility index (Phi) is 6.23. The predicted octanol–water partition coefficient (Wildman–Crippen LogP) is 7.13. The van der Waals surface area contributed by atoms with Crippen LogP contribution in [0.1, 0.15) is 24.3 Å². The summed E-state index contributed by atoms with van der Waals surface area (Å²) in [7, 11) is 0. The van der Waals surface area contributed by atoms with Gasteiger partial charge in [0.2, 0.25) is 0 Å². The Bertz CT molecular complexity index is 1140. The van der Waals surface area contributed by atoms with Crippen LogP contribution in [0.3, 0.4) is 0 Å². The number of halogens is 2. The van der Waals surface area contributed by atoms with Crippen molar-refractivity contribution >= 4 is 31.5 Å². The number of likely N-dealkylation sites (tertiary alicyclic amines) is 1. The standard InChI is InChI=1S/C28H28FIN2O/c1-21-28(15-17-32(18-16-28)27(33)31-25-14-8-11-23(29)19-25)26(22-9-4-2-5-10-22)20-30(21)24-12-6-3-7-13-24/h2-14,19,26H,1,15-18,20H2,(H,31,33). The average Bonchev–Trinajstić information content (AvgIpc) is 3.12. The van der Waals surface area contributed by atoms with Crippen molar-refractivity contribution in [1.82, 2.24) is 4.90 Å². The van der Waals surface area contributed by atoms with Crippen molar-refractivity contribution in [2.45, 2.75) is 18.8 Å². The van der Waals surface area contributed by atoms with E-state index < -0.39 is 19.8 Å². The number of carbonyl (C=O) groups excluding carboxylic acids is 1. The van der Waals surface area contributed by atoms with Crippen LogP contribution in [0.4, 0.5) is 14.9 Å². The summed E-state index contributed by atoms with van der Waals surface area (Å²) < 4.78 is 17.7. The topological polar surface area (TPSA) is 32.3 Å². The fourth-order valence-electron chi connectivity index (χ4n) is 5.19. The Morgan fingerprint density at radius 1 is 0.970 bits per heavy atom. The molecule has 0 aromatic heterocycles. The van der Waals surface area contributed by atoms with E-state index in [1.165, 1.54) is 29.3 Å². The average molecular weight is 554 g/mol. The van der Waals surface area contributed by atoms with Crippen LogP contribution in [0, 0.1) is 14.8 Å². The molecule has 2 amide bonds. The number of alkyl halides is 1. The molecule has 1 spiro atoms. The Hall–Kier alpha value is -2.67. The zero-order valence-corrected chi connectivity index (χ0v) is 20.7. The number of hydrogen-bond donors (Lipinski definition) is 1. The minimum absolute atomic E-state index is 0.0394. The van der Waals surface area contributed by atoms with Gasteiger partial charge in [0.15, 0.2) is 0 Å². The Labute approximate surface area is 202 Å². The van der Waals surface area contributed by atoms with Crippen molar-refractivity contribution in [2.24, 2.45) is 5.41 Å². The first-order valence-corrected chi connectivity index (χ1v) is 15.0. The number of hydrogen-bond acceptors (Lipinski definition) is 1. The molecule has 0 aliphatic carbocycles. The van der Waals surface area contributed by atoms with E-state index >= 15 is 0 Å². The van der Waals surface area contributed by atoms with Gasteiger partial charge in [-0.2, -0.15) is 0 Å². The first kappa shape index (κ1) is 22.1. The predicted molar refractivity (Wildman–Crippen MR) is 141 cm³/mol. The maximum absolute atomic E-state index is 13.5. The molecule has 170 valence electrons. The molecule has 5 heteroatoms. The van der Waals surface area contributed by atoms with E-state index in [9.17, 15) is 9.18 Å². The molecule has 2 saturated heterocycles. The number of nitrogens with one attached hydrogen (secondary N) is 1. The monoisotopic (exact) mass is 554 g/mol. The molecule has 0 radical (unpaired) electrons. The number of amides is 2. The molecule has 2 aliphatic heterocycles. The van der Waals surface area contributed by atoms with E-state index in [0.717, 1.165) is 12.8 Å². The van der Waals surface area contributed by atoms with E-state index in [4.69, 9.17) is 6.58 Å². The Morgan fingerprint density at radius 2 is 1.64 bits per heavy atom. The van der Waals surface area contributed by atoms with Crippen molar-refractivity contribution in [2.75, 3.05) is 22.8 Å². The van der Waals surface area contributed by atoms with E-state index in [1.807, 2.05) is 4.90 Å². The molecule has 3 aromatic rings. The fraction of sp³-hybridized carbons (Fsp3) is 0.250. The molecule has 5 rings (SSSR count). The molecular weight excluding hydrogens is 526 g/mol. The second-order valence-electron chi connectivity index (χ2n) is 8.76. The van der Waals surface area contributed by atoms with Gasteiger partial charge >= 0.3 is 203 Å². The van der Waals surface area contributed by atoms with Gasteiger partial charge in [0, 0.05) is 0 Å². The Morgan fingerprint density at radius 3 is 2.30 bits per heavy atom. The second-order valence-corrected chi connectivity index (χ2v) is 14.3. The first-order chi connectivity index (χ1) is 16.1. The quantitative estimate of drug-likeness (QED) is 0.271. The molecule has 33 heavy (non-hydrogen) atoms. The van der Waals surface area contributed by atoms with Crippen molar-refractivity contribution in [1.29, 1.82) is 0 Å². The van der Waals surface area contributed by atoms with Gasteiger partial charge in [-0.05, 0) is 0 Å². The van der Waals surface area contributed by atoms with Gasteiger partial charge in [-0.25, -0.2) is 0 Å². The second kappa shape index (κ2) is 9.29. The van der Waals surface area contributed by atoms with E-state index in [0.29, 0.717) is 24.7 Å². The Balaban J connectivity index is 1.38. The van der Waals surface area contributed by atoms with Crippen LogP contribution >= 0.6 is 19.8 Å². The first-order valence-electron chi connectivity index (χ1n) is 11.3. The number of urea groups is 1. The summed E-state index contributed by atoms with van der Waals surface area (Å²) in [6.45, 7) is 6.09. The number of carbonyl (C=O) groups is 1. The summed E-state index contributed by atoms with van der Waals surface area (Å²) >= 11 is -1.58. The van der Waals surface area contributed by atoms with Crippen LogP contribution in [0.5, 0.6) is 0 Å². The summed E-state index contributed by atoms with van der Waals surface area (Å²) in [5.41, 5.74) is 1.93. The van der Waals surface area contributed by atoms with Crippen molar-refractivity contribution in [3.63, 3.8) is 0 Å². The summed E-state index contributed by atoms with van der Waals surface area (Å²) in [4.78, 5) is 14.7. The summed E-state index contributed by atoms with van der Waals surface area (Å²) in [6.07, 6.45) is 1.84. The van der Waals surface area contributed by atoms with Gasteiger partial charge in [-0.15, -0.1) is 0 Å². The zero-order chi connectivity index (χ0) is 22.8. The molecule has 2 heterocycles. The van der Waals surface area contributed by atoms with Gasteiger partial charge in [0.05, 0.1) is 0 Å². The SMILES string of the molecule is C=C1I(c2ccccc2)CC(c2ccccc2)C12CCN(C(=O)Nc1cccc(F)c1)CC2. The van der Waals surface area contributed by atoms with Crippen LogP contribution in [-0.2, 0) is 0 Å². The van der Waals surface area contributed by atoms with Crippen LogP contribution in [0.15, 0.2) is 95.1 Å². The third kappa shape index (κ3) is 4.31. The summed E-state index contributed by atoms with van der Waals surface area (Å²) in [6, 6.07) is 27.7. The number of piperidine rings is 1. The molecule has 3 aromatic carbocycles. The molecule has 1 N–H and O–H groups in total. The van der Waals surface area contributed by atoms with Gasteiger partial charge in [-0.1, -0.05) is 0 Å². The fourth-order valence-corrected chi connectivity index (χ4v) is 12.7. The molecular formula is C28H28FIN2O. The van der Waals surface area contributed by atoms with Crippen LogP contribution in [0.2, 0.25) is 0 Å². The van der Waals surface area contributed by atoms with Crippen molar-refractivity contribution in [3.8, 4) is 0 Å². The molecule has 1 unspecified atom stereocenters. The van der Waals surface area contributed by atoms with Gasteiger partial charge in [-0.3, -0.25) is 0 Å². The third-order valence-electron chi connectivity index (χ3n) is 7.01. The van der Waals surface area contributed by atoms with E-state index in [-0.39, 0.29) is 17.3 Å². The normalized spacial score (nSPS) is 20.8. The molecule has 0 bridgehead atoms. The van der Waals surface area contributed by atoms with Gasteiger partial charge in [0.25, 0.3) is 0 Å². The summed E-state index contributed by atoms with van der Waals surface area (Å²) in [5.74, 6) is 0.0981. The molecule has 2 fully saturated rings. The van der Waals surface area contributed by atoms with E-state index in [2.05, 4.69) is 66.0 Å². The number of nitrogens with zero attached hydrogens (tertiary/aromatic N) is 1. The van der Waals surface area contributed by atoms with Crippen LogP contribution < -0.4 is 5.32 Å². The zero-order valence-electron chi connectivity index (χ0n) is 18.5. The summed E-state index contributed by atoms with van der Waals surface area (Å²) in [5, 5.41) is 2.85. The van der Waals surface area contributed by atoms with E-state index in [1.54, 1.807) is 12.1 Å². The molecule has 3 nitrogen and oxygen atoms in total. The number of allylic oxidation sites excluding steroid dienone is 1. The van der Waals surface area contributed by atoms with Gasteiger partial charge < -0.3 is 0 Å². The number of benzene rings is 3. The van der Waals surface area contributed by atoms with Crippen molar-refractivity contribution < 1.29 is 9.18 Å². The van der Waals surface area contributed by atoms with Crippen molar-refractivity contribution in [3.05, 3.63) is 110 Å². The third-order valence-corrected chi connectivity index (χ3v) is 13.6. The maximum atomic E-state index is 13.5. The minimum atomic E-state index is -1.58. The molecule has 0 saturated carbocycles. The number of rotatable bonds is 3. The van der Waals surface area contributed by atoms with Gasteiger partial charge in [0.1, 0.15) is 0 Å². The van der Waals surface area contributed by atoms with Crippen LogP contribution in [-0.4, -0.2) is 28.4 Å².